The summed E-state index contributed by atoms with van der Waals surface area (Å²) in [7, 11) is 4.91. The van der Waals surface area contributed by atoms with Crippen LogP contribution in [0, 0.1) is 41.4 Å². The Kier molecular flexibility index (Phi) is 23.7. The van der Waals surface area contributed by atoms with Crippen molar-refractivity contribution < 1.29 is 67.3 Å². The molecule has 3 aliphatic heterocycles. The van der Waals surface area contributed by atoms with E-state index in [1.54, 1.807) is 34.1 Å². The molecular formula is C53H87NO14P2. The summed E-state index contributed by atoms with van der Waals surface area (Å²) in [4.78, 5) is 71.6. The Morgan fingerprint density at radius 2 is 1.56 bits per heavy atom. The van der Waals surface area contributed by atoms with E-state index < -0.39 is 84.8 Å². The van der Waals surface area contributed by atoms with E-state index in [4.69, 9.17) is 28.0 Å². The van der Waals surface area contributed by atoms with E-state index >= 15 is 0 Å². The van der Waals surface area contributed by atoms with Crippen LogP contribution in [0.3, 0.4) is 0 Å². The summed E-state index contributed by atoms with van der Waals surface area (Å²) in [6, 6.07) is -1.18. The zero-order chi connectivity index (χ0) is 52.1. The molecule has 1 aliphatic carbocycles. The molecule has 15 atom stereocenters. The molecule has 3 fully saturated rings. The van der Waals surface area contributed by atoms with Crippen molar-refractivity contribution in [2.24, 2.45) is 41.4 Å². The molecule has 4 rings (SSSR count). The van der Waals surface area contributed by atoms with Crippen LogP contribution in [0.4, 0.5) is 0 Å². The van der Waals surface area contributed by atoms with Gasteiger partial charge in [-0.25, -0.2) is 0 Å². The number of Topliss-reactive ketones (excluding diaryl/α,β-unsaturated/α-hetero) is 3. The molecule has 0 spiro atoms. The number of esters is 1. The third-order valence-corrected chi connectivity index (χ3v) is 17.9. The van der Waals surface area contributed by atoms with Gasteiger partial charge in [0.05, 0.1) is 6.10 Å². The Hall–Kier alpha value is -2.55. The average molecular weight is 1020 g/mol. The van der Waals surface area contributed by atoms with Gasteiger partial charge in [0.2, 0.25) is 5.79 Å². The van der Waals surface area contributed by atoms with Crippen LogP contribution in [-0.2, 0) is 52.0 Å². The first-order valence-corrected chi connectivity index (χ1v) is 29.8. The van der Waals surface area contributed by atoms with Gasteiger partial charge in [-0.3, -0.25) is 9.59 Å². The van der Waals surface area contributed by atoms with Crippen LogP contribution in [0.2, 0.25) is 0 Å². The molecule has 1 saturated carbocycles. The van der Waals surface area contributed by atoms with Crippen LogP contribution in [0.5, 0.6) is 0 Å². The molecule has 0 radical (unpaired) electrons. The summed E-state index contributed by atoms with van der Waals surface area (Å²) < 4.78 is 36.0. The van der Waals surface area contributed by atoms with Crippen LogP contribution in [-0.4, -0.2) is 139 Å². The van der Waals surface area contributed by atoms with Crippen LogP contribution in [0.1, 0.15) is 126 Å². The van der Waals surface area contributed by atoms with E-state index in [0.717, 1.165) is 16.9 Å². The first-order chi connectivity index (χ1) is 33.0. The number of hydrogen-bond acceptors (Lipinski definition) is 14. The second-order valence-electron chi connectivity index (χ2n) is 20.8. The van der Waals surface area contributed by atoms with Crippen molar-refractivity contribution in [1.82, 2.24) is 4.90 Å². The Labute approximate surface area is 420 Å². The van der Waals surface area contributed by atoms with Gasteiger partial charge in [-0.1, -0.05) is 64.0 Å². The third-order valence-electron chi connectivity index (χ3n) is 15.3. The van der Waals surface area contributed by atoms with E-state index in [1.165, 1.54) is 14.0 Å². The number of ether oxygens (including phenoxy) is 4. The zero-order valence-electron chi connectivity index (χ0n) is 43.8. The van der Waals surface area contributed by atoms with Crippen molar-refractivity contribution in [3.8, 4) is 0 Å². The van der Waals surface area contributed by atoms with Crippen molar-refractivity contribution >= 4 is 45.6 Å². The Balaban J connectivity index is 1.69. The number of fused-ring (bicyclic) bond motifs is 2. The van der Waals surface area contributed by atoms with Crippen molar-refractivity contribution in [2.45, 2.75) is 174 Å². The van der Waals surface area contributed by atoms with Crippen molar-refractivity contribution in [3.05, 3.63) is 47.6 Å². The number of allylic oxidation sites excluding steroid dienone is 6. The monoisotopic (exact) mass is 1020 g/mol. The number of hydrogen-bond donors (Lipinski definition) is 3. The van der Waals surface area contributed by atoms with Gasteiger partial charge in [-0.2, -0.15) is 0 Å². The van der Waals surface area contributed by atoms with Gasteiger partial charge in [-0.05, 0) is 50.2 Å². The molecule has 15 nitrogen and oxygen atoms in total. The molecule has 0 aromatic carbocycles. The maximum atomic E-state index is 14.3. The minimum atomic E-state index is -2.99. The summed E-state index contributed by atoms with van der Waals surface area (Å²) in [6.45, 7) is 15.2. The van der Waals surface area contributed by atoms with Gasteiger partial charge in [0, 0.05) is 26.1 Å². The van der Waals surface area contributed by atoms with Crippen LogP contribution >= 0.6 is 16.3 Å². The number of rotatable bonds is 9. The quantitative estimate of drug-likeness (QED) is 0.0676. The minimum absolute atomic E-state index is 0.0372. The Morgan fingerprint density at radius 1 is 0.857 bits per heavy atom. The first kappa shape index (κ1) is 60.0. The second-order valence-corrected chi connectivity index (χ2v) is 26.5. The number of methoxy groups -OCH3 is 3. The van der Waals surface area contributed by atoms with Gasteiger partial charge in [0.15, 0.2) is 5.78 Å². The summed E-state index contributed by atoms with van der Waals surface area (Å²) in [5, 5.41) is 34.2. The Bertz CT molecular complexity index is 1900. The van der Waals surface area contributed by atoms with E-state index in [9.17, 15) is 39.3 Å². The fourth-order valence-corrected chi connectivity index (χ4v) is 13.7. The molecular weight excluding hydrogens is 937 g/mol. The van der Waals surface area contributed by atoms with Gasteiger partial charge in [0.1, 0.15) is 12.2 Å². The molecule has 4 aliphatic rings. The molecule has 1 amide bonds. The van der Waals surface area contributed by atoms with Gasteiger partial charge < -0.3 is 24.8 Å². The average Bonchev–Trinajstić information content (AvgIpc) is 3.31. The molecule has 2 bridgehead atoms. The van der Waals surface area contributed by atoms with Crippen LogP contribution < -0.4 is 0 Å². The van der Waals surface area contributed by atoms with Crippen LogP contribution in [0.25, 0.3) is 0 Å². The number of amides is 1. The van der Waals surface area contributed by atoms with Crippen molar-refractivity contribution in [3.63, 3.8) is 0 Å². The molecule has 17 heteroatoms. The SMILES string of the molecule is CCO[PH](C)(P)O[C@@H]1CCC(C[C@H]2C3CCCN4C(=O)C(=O)C(O)(O)C(C)CCCC[C@H](OC)/C(C)=C/C=C/C=C/[C@@H](C)CC(C)C(=O)[C@H](OC)C(O)/C(C)=C/[C@@H](C)C(=O)C[C@@H]2OC(=O)C34)CC1OC. The van der Waals surface area contributed by atoms with Gasteiger partial charge in [-0.15, -0.1) is 0 Å². The standard InChI is InChI=1S/C53H87NO14P2/c1-12-66-70(11,69)68-43-25-24-38(30-45(43)64-9)29-40-39-22-18-26-54-46(39)52(60)67-44(40)31-41(55)34(4)28-36(6)48(57)49(65-10)47(56)35(5)27-32(2)19-14-13-15-20-33(3)42(63-8)23-17-16-21-37(7)53(61,62)50(58)51(54)59/h13-15,19-20,28,32,34-35,37-40,42-46,48-49,57,61-62,70H,12,16-18,21-27,29-31,69H2,1-11H3/b15-13+,19-14+,33-20+,36-28+/t32-,34-,35?,37?,38?,39?,40+,42+,43-,44+,45?,46?,48?,49+/m1/s1. The molecule has 2 saturated heterocycles. The second kappa shape index (κ2) is 27.7. The molecule has 8 unspecified atom stereocenters. The summed E-state index contributed by atoms with van der Waals surface area (Å²) in [5.74, 6) is -9.79. The first-order valence-electron chi connectivity index (χ1n) is 25.7. The molecule has 3 N–H and O–H groups in total. The summed E-state index contributed by atoms with van der Waals surface area (Å²) in [5.41, 5.74) is 1.38. The van der Waals surface area contributed by atoms with Crippen LogP contribution in [0.15, 0.2) is 47.6 Å². The number of piperidine rings is 1. The fraction of sp³-hybridized carbons (Fsp3) is 0.755. The normalized spacial score (nSPS) is 38.1. The summed E-state index contributed by atoms with van der Waals surface area (Å²) in [6.07, 6.45) is 13.3. The number of nitrogens with zero attached hydrogens (tertiary/aromatic N) is 1. The molecule has 398 valence electrons. The topological polar surface area (TPSA) is 205 Å². The molecule has 0 aromatic rings. The van der Waals surface area contributed by atoms with E-state index in [-0.39, 0.29) is 61.1 Å². The van der Waals surface area contributed by atoms with Gasteiger partial charge in [0.25, 0.3) is 0 Å². The van der Waals surface area contributed by atoms with E-state index in [2.05, 4.69) is 8.93 Å². The number of ketones is 3. The van der Waals surface area contributed by atoms with E-state index in [0.29, 0.717) is 70.0 Å². The predicted octanol–water partition coefficient (Wildman–Crippen LogP) is 7.44. The summed E-state index contributed by atoms with van der Waals surface area (Å²) >= 11 is 0. The zero-order valence-corrected chi connectivity index (χ0v) is 46.0. The number of aliphatic hydroxyl groups excluding tert-OH is 1. The molecule has 70 heavy (non-hydrogen) atoms. The predicted molar refractivity (Wildman–Crippen MR) is 275 cm³/mol. The molecule has 3 heterocycles. The third kappa shape index (κ3) is 16.0. The Morgan fingerprint density at radius 3 is 2.21 bits per heavy atom. The molecule has 0 aromatic heterocycles. The van der Waals surface area contributed by atoms with Crippen molar-refractivity contribution in [1.29, 1.82) is 0 Å². The fourth-order valence-electron chi connectivity index (χ4n) is 11.2. The number of carbonyl (C=O) groups excluding carboxylic acids is 5. The maximum absolute atomic E-state index is 14.3. The number of carbonyl (C=O) groups is 5. The van der Waals surface area contributed by atoms with Gasteiger partial charge >= 0.3 is 217 Å². The van der Waals surface area contributed by atoms with E-state index in [1.807, 2.05) is 64.7 Å². The number of aliphatic hydroxyl groups is 3. The van der Waals surface area contributed by atoms with Crippen molar-refractivity contribution in [2.75, 3.05) is 41.1 Å².